The lowest BCUT2D eigenvalue weighted by atomic mass is 10.2. The maximum absolute atomic E-state index is 8.61. The van der Waals surface area contributed by atoms with Gasteiger partial charge in [0.15, 0.2) is 0 Å². The second kappa shape index (κ2) is 4.98. The first kappa shape index (κ1) is 10.2. The number of nitriles is 1. The van der Waals surface area contributed by atoms with Gasteiger partial charge in [0.2, 0.25) is 0 Å². The predicted molar refractivity (Wildman–Crippen MR) is 57.8 cm³/mol. The van der Waals surface area contributed by atoms with Crippen molar-refractivity contribution in [2.45, 2.75) is 13.8 Å². The fourth-order valence-electron chi connectivity index (χ4n) is 1.13. The van der Waals surface area contributed by atoms with Crippen LogP contribution in [0.1, 0.15) is 19.4 Å². The molecular formula is C12H12N2. The molecule has 0 atom stereocenters. The van der Waals surface area contributed by atoms with Crippen LogP contribution < -0.4 is 0 Å². The summed E-state index contributed by atoms with van der Waals surface area (Å²) in [7, 11) is 0. The quantitative estimate of drug-likeness (QED) is 0.630. The van der Waals surface area contributed by atoms with E-state index in [0.717, 1.165) is 10.9 Å². The summed E-state index contributed by atoms with van der Waals surface area (Å²) in [4.78, 5) is 4.13. The van der Waals surface area contributed by atoms with Crippen LogP contribution in [0.15, 0.2) is 36.5 Å². The number of nitrogens with zero attached hydrogens (tertiary/aromatic N) is 2. The third-order valence-electron chi connectivity index (χ3n) is 1.72. The molecule has 0 spiro atoms. The fraction of sp³-hybridized carbons (Fsp3) is 0.167. The summed E-state index contributed by atoms with van der Waals surface area (Å²) in [6.45, 7) is 4.00. The van der Waals surface area contributed by atoms with Gasteiger partial charge < -0.3 is 0 Å². The smallest absolute Gasteiger partial charge is 0.101 e. The zero-order valence-corrected chi connectivity index (χ0v) is 8.36. The molecule has 0 N–H and O–H groups in total. The third-order valence-corrected chi connectivity index (χ3v) is 1.72. The van der Waals surface area contributed by atoms with Crippen LogP contribution in [-0.2, 0) is 0 Å². The van der Waals surface area contributed by atoms with Crippen molar-refractivity contribution in [3.63, 3.8) is 0 Å². The molecule has 0 aliphatic carbocycles. The lowest BCUT2D eigenvalue weighted by Crippen LogP contribution is -1.80. The molecule has 0 radical (unpaired) electrons. The Labute approximate surface area is 83.8 Å². The van der Waals surface area contributed by atoms with Crippen molar-refractivity contribution in [3.8, 4) is 6.07 Å². The molecule has 2 nitrogen and oxygen atoms in total. The van der Waals surface area contributed by atoms with Gasteiger partial charge in [0.25, 0.3) is 0 Å². The minimum atomic E-state index is 0.605. The summed E-state index contributed by atoms with van der Waals surface area (Å²) in [5, 5.41) is 9.62. The summed E-state index contributed by atoms with van der Waals surface area (Å²) in [5.74, 6) is 0. The van der Waals surface area contributed by atoms with Gasteiger partial charge >= 0.3 is 0 Å². The van der Waals surface area contributed by atoms with Crippen LogP contribution in [0, 0.1) is 11.3 Å². The topological polar surface area (TPSA) is 36.7 Å². The highest BCUT2D eigenvalue weighted by molar-refractivity contribution is 5.79. The molecule has 2 heteroatoms. The normalized spacial score (nSPS) is 8.64. The maximum Gasteiger partial charge on any atom is 0.101 e. The van der Waals surface area contributed by atoms with Crippen molar-refractivity contribution in [1.82, 2.24) is 4.98 Å². The highest BCUT2D eigenvalue weighted by atomic mass is 14.6. The van der Waals surface area contributed by atoms with Gasteiger partial charge in [0, 0.05) is 11.6 Å². The zero-order chi connectivity index (χ0) is 10.4. The van der Waals surface area contributed by atoms with Crippen LogP contribution >= 0.6 is 0 Å². The summed E-state index contributed by atoms with van der Waals surface area (Å²) >= 11 is 0. The summed E-state index contributed by atoms with van der Waals surface area (Å²) in [6.07, 6.45) is 1.59. The Bertz CT molecular complexity index is 455. The largest absolute Gasteiger partial charge is 0.255 e. The van der Waals surface area contributed by atoms with Crippen LogP contribution in [0.3, 0.4) is 0 Å². The Morgan fingerprint density at radius 2 is 1.93 bits per heavy atom. The van der Waals surface area contributed by atoms with E-state index in [-0.39, 0.29) is 0 Å². The average Bonchev–Trinajstić information content (AvgIpc) is 2.31. The van der Waals surface area contributed by atoms with Crippen LogP contribution in [0.2, 0.25) is 0 Å². The van der Waals surface area contributed by atoms with E-state index < -0.39 is 0 Å². The van der Waals surface area contributed by atoms with E-state index in [9.17, 15) is 0 Å². The first-order valence-electron chi connectivity index (χ1n) is 4.65. The number of pyridine rings is 1. The van der Waals surface area contributed by atoms with Gasteiger partial charge in [-0.15, -0.1) is 0 Å². The molecule has 2 aromatic rings. The van der Waals surface area contributed by atoms with Crippen molar-refractivity contribution in [1.29, 1.82) is 5.26 Å². The Balaban J connectivity index is 0.000000461. The van der Waals surface area contributed by atoms with Crippen molar-refractivity contribution >= 4 is 10.9 Å². The molecule has 0 aliphatic rings. The van der Waals surface area contributed by atoms with Crippen molar-refractivity contribution in [2.24, 2.45) is 0 Å². The van der Waals surface area contributed by atoms with E-state index in [1.54, 1.807) is 6.20 Å². The number of para-hydroxylation sites is 1. The first-order valence-corrected chi connectivity index (χ1v) is 4.65. The van der Waals surface area contributed by atoms with E-state index in [1.807, 2.05) is 44.2 Å². The second-order valence-electron chi connectivity index (χ2n) is 2.53. The lowest BCUT2D eigenvalue weighted by molar-refractivity contribution is 1.37. The molecule has 1 heterocycles. The van der Waals surface area contributed by atoms with Gasteiger partial charge in [-0.25, -0.2) is 0 Å². The average molecular weight is 184 g/mol. The lowest BCUT2D eigenvalue weighted by Gasteiger charge is -1.94. The molecule has 0 saturated heterocycles. The Kier molecular flexibility index (Phi) is 3.63. The molecule has 0 fully saturated rings. The molecule has 1 aromatic carbocycles. The fourth-order valence-corrected chi connectivity index (χ4v) is 1.13. The number of benzene rings is 1. The maximum atomic E-state index is 8.61. The molecule has 0 aliphatic heterocycles. The highest BCUT2D eigenvalue weighted by Crippen LogP contribution is 2.11. The number of rotatable bonds is 0. The molecular weight excluding hydrogens is 172 g/mol. The molecule has 0 unspecified atom stereocenters. The molecule has 1 aromatic heterocycles. The zero-order valence-electron chi connectivity index (χ0n) is 8.36. The number of aromatic nitrogens is 1. The predicted octanol–water partition coefficient (Wildman–Crippen LogP) is 3.13. The third kappa shape index (κ3) is 2.08. The minimum Gasteiger partial charge on any atom is -0.255 e. The Hall–Kier alpha value is -1.88. The van der Waals surface area contributed by atoms with E-state index in [4.69, 9.17) is 5.26 Å². The number of hydrogen-bond acceptors (Lipinski definition) is 2. The second-order valence-corrected chi connectivity index (χ2v) is 2.53. The number of fused-ring (bicyclic) bond motifs is 1. The highest BCUT2D eigenvalue weighted by Gasteiger charge is 1.94. The summed E-state index contributed by atoms with van der Waals surface area (Å²) in [6, 6.07) is 11.6. The van der Waals surface area contributed by atoms with Gasteiger partial charge in [-0.1, -0.05) is 32.0 Å². The molecule has 2 rings (SSSR count). The van der Waals surface area contributed by atoms with E-state index >= 15 is 0 Å². The molecule has 0 amide bonds. The standard InChI is InChI=1S/C10H6N2.C2H6/c11-6-8-5-9-3-1-2-4-10(9)12-7-8;1-2/h1-5,7H;1-2H3. The molecule has 14 heavy (non-hydrogen) atoms. The van der Waals surface area contributed by atoms with Gasteiger partial charge in [-0.2, -0.15) is 5.26 Å². The van der Waals surface area contributed by atoms with Crippen molar-refractivity contribution < 1.29 is 0 Å². The SMILES string of the molecule is CC.N#Cc1cnc2ccccc2c1. The minimum absolute atomic E-state index is 0.605. The van der Waals surface area contributed by atoms with Crippen molar-refractivity contribution in [2.75, 3.05) is 0 Å². The summed E-state index contributed by atoms with van der Waals surface area (Å²) in [5.41, 5.74) is 1.53. The van der Waals surface area contributed by atoms with Crippen LogP contribution in [0.4, 0.5) is 0 Å². The van der Waals surface area contributed by atoms with Crippen LogP contribution in [-0.4, -0.2) is 4.98 Å². The van der Waals surface area contributed by atoms with Gasteiger partial charge in [0.1, 0.15) is 6.07 Å². The van der Waals surface area contributed by atoms with E-state index in [1.165, 1.54) is 0 Å². The Morgan fingerprint density at radius 1 is 1.21 bits per heavy atom. The monoisotopic (exact) mass is 184 g/mol. The van der Waals surface area contributed by atoms with Crippen LogP contribution in [0.5, 0.6) is 0 Å². The van der Waals surface area contributed by atoms with Crippen molar-refractivity contribution in [3.05, 3.63) is 42.1 Å². The molecule has 70 valence electrons. The van der Waals surface area contributed by atoms with Gasteiger partial charge in [-0.3, -0.25) is 4.98 Å². The molecule has 0 bridgehead atoms. The summed E-state index contributed by atoms with van der Waals surface area (Å²) < 4.78 is 0. The first-order chi connectivity index (χ1) is 6.90. The number of hydrogen-bond donors (Lipinski definition) is 0. The molecule has 0 saturated carbocycles. The Morgan fingerprint density at radius 3 is 2.64 bits per heavy atom. The van der Waals surface area contributed by atoms with Gasteiger partial charge in [-0.05, 0) is 12.1 Å². The van der Waals surface area contributed by atoms with E-state index in [2.05, 4.69) is 11.1 Å². The van der Waals surface area contributed by atoms with Gasteiger partial charge in [0.05, 0.1) is 11.1 Å². The van der Waals surface area contributed by atoms with Crippen LogP contribution in [0.25, 0.3) is 10.9 Å². The van der Waals surface area contributed by atoms with E-state index in [0.29, 0.717) is 5.56 Å².